The summed E-state index contributed by atoms with van der Waals surface area (Å²) in [4.78, 5) is 19.0. The van der Waals surface area contributed by atoms with Crippen LogP contribution in [0.25, 0.3) is 11.5 Å². The van der Waals surface area contributed by atoms with Crippen molar-refractivity contribution in [2.24, 2.45) is 0 Å². The van der Waals surface area contributed by atoms with Crippen LogP contribution >= 0.6 is 0 Å². The van der Waals surface area contributed by atoms with Crippen molar-refractivity contribution < 1.29 is 30.6 Å². The highest BCUT2D eigenvalue weighted by atomic mass is 19.4. The molecule has 0 atom stereocenters. The highest BCUT2D eigenvalue weighted by Gasteiger charge is 2.32. The number of rotatable bonds is 6. The fourth-order valence-corrected chi connectivity index (χ4v) is 2.13. The Hall–Kier alpha value is -3.34. The molecular weight excluding hydrogens is 399 g/mol. The van der Waals surface area contributed by atoms with E-state index in [9.17, 15) is 18.3 Å². The van der Waals surface area contributed by atoms with Gasteiger partial charge < -0.3 is 15.7 Å². The van der Waals surface area contributed by atoms with Crippen molar-refractivity contribution in [1.82, 2.24) is 24.9 Å². The van der Waals surface area contributed by atoms with Gasteiger partial charge in [0, 0.05) is 32.3 Å². The van der Waals surface area contributed by atoms with Gasteiger partial charge >= 0.3 is 6.18 Å². The van der Waals surface area contributed by atoms with Crippen LogP contribution in [0, 0.1) is 6.92 Å². The predicted octanol–water partition coefficient (Wildman–Crippen LogP) is 3.58. The van der Waals surface area contributed by atoms with Crippen LogP contribution in [0.5, 0.6) is 0 Å². The Morgan fingerprint density at radius 1 is 1.13 bits per heavy atom. The van der Waals surface area contributed by atoms with Crippen molar-refractivity contribution in [2.45, 2.75) is 32.4 Å². The van der Waals surface area contributed by atoms with Crippen molar-refractivity contribution in [3.8, 4) is 11.5 Å². The fraction of sp³-hybridized carbons (Fsp3) is 0.316. The number of hydrogen-bond acceptors (Lipinski definition) is 8. The second-order valence-electron chi connectivity index (χ2n) is 6.01. The first-order valence-corrected chi connectivity index (χ1v) is 8.22. The van der Waals surface area contributed by atoms with Gasteiger partial charge in [0.25, 0.3) is 0 Å². The molecule has 30 heavy (non-hydrogen) atoms. The van der Waals surface area contributed by atoms with Gasteiger partial charge in [-0.05, 0) is 44.8 Å². The molecule has 0 fully saturated rings. The van der Waals surface area contributed by atoms with Crippen molar-refractivity contribution in [3.63, 3.8) is 0 Å². The molecular formula is C19H20F3N7O. The van der Waals surface area contributed by atoms with Gasteiger partial charge in [-0.2, -0.15) is 28.1 Å². The molecule has 3 aromatic rings. The SMILES string of the molecule is [2H]c1c(-c2nc(NCC(O)(C([2H])([2H])[2H])C([2H])([2H])[2H])nc(Nc3ccnc(C)c3)n2)nc(C(F)(F)F)c([2H])c1[2H]. The fourth-order valence-electron chi connectivity index (χ4n) is 2.13. The van der Waals surface area contributed by atoms with E-state index in [0.717, 1.165) is 0 Å². The van der Waals surface area contributed by atoms with Crippen LogP contribution in [0.3, 0.4) is 0 Å². The Kier molecular flexibility index (Phi) is 3.38. The van der Waals surface area contributed by atoms with Crippen LogP contribution in [0.1, 0.15) is 37.4 Å². The van der Waals surface area contributed by atoms with Gasteiger partial charge in [0.15, 0.2) is 5.82 Å². The summed E-state index contributed by atoms with van der Waals surface area (Å²) in [6, 6.07) is -0.337. The third kappa shape index (κ3) is 5.83. The summed E-state index contributed by atoms with van der Waals surface area (Å²) in [5.74, 6) is -1.66. The van der Waals surface area contributed by atoms with Crippen LogP contribution < -0.4 is 10.6 Å². The molecule has 8 nitrogen and oxygen atoms in total. The molecule has 0 radical (unpaired) electrons. The molecule has 0 bridgehead atoms. The van der Waals surface area contributed by atoms with Gasteiger partial charge in [0.1, 0.15) is 11.4 Å². The van der Waals surface area contributed by atoms with E-state index in [1.54, 1.807) is 13.0 Å². The normalized spacial score (nSPS) is 17.2. The summed E-state index contributed by atoms with van der Waals surface area (Å²) < 4.78 is 109. The van der Waals surface area contributed by atoms with E-state index < -0.39 is 73.3 Å². The number of nitrogens with zero attached hydrogens (tertiary/aromatic N) is 5. The number of hydrogen-bond donors (Lipinski definition) is 3. The van der Waals surface area contributed by atoms with E-state index in [1.165, 1.54) is 12.3 Å². The van der Waals surface area contributed by atoms with Gasteiger partial charge in [0.2, 0.25) is 11.9 Å². The molecule has 0 aromatic carbocycles. The molecule has 3 aromatic heterocycles. The van der Waals surface area contributed by atoms with E-state index in [2.05, 4.69) is 35.6 Å². The molecule has 3 N–H and O–H groups in total. The molecule has 0 spiro atoms. The number of aryl methyl sites for hydroxylation is 1. The summed E-state index contributed by atoms with van der Waals surface area (Å²) >= 11 is 0. The van der Waals surface area contributed by atoms with Crippen LogP contribution in [0.15, 0.2) is 36.5 Å². The van der Waals surface area contributed by atoms with Crippen LogP contribution in [-0.2, 0) is 6.18 Å². The molecule has 0 aliphatic carbocycles. The summed E-state index contributed by atoms with van der Waals surface area (Å²) in [5, 5.41) is 15.5. The zero-order valence-electron chi connectivity index (χ0n) is 24.3. The average Bonchev–Trinajstić information content (AvgIpc) is 2.78. The van der Waals surface area contributed by atoms with Gasteiger partial charge in [0.05, 0.1) is 9.71 Å². The highest BCUT2D eigenvalue weighted by molar-refractivity contribution is 5.59. The van der Waals surface area contributed by atoms with E-state index >= 15 is 0 Å². The number of aromatic nitrogens is 5. The van der Waals surface area contributed by atoms with E-state index in [4.69, 9.17) is 12.3 Å². The molecule has 3 rings (SSSR count). The van der Waals surface area contributed by atoms with Gasteiger partial charge in [-0.3, -0.25) is 4.98 Å². The van der Waals surface area contributed by atoms with E-state index in [1.807, 2.05) is 0 Å². The first-order valence-electron chi connectivity index (χ1n) is 12.7. The molecule has 0 amide bonds. The summed E-state index contributed by atoms with van der Waals surface area (Å²) in [6.45, 7) is -6.30. The maximum Gasteiger partial charge on any atom is 0.433 e. The maximum absolute atomic E-state index is 13.5. The largest absolute Gasteiger partial charge is 0.433 e. The van der Waals surface area contributed by atoms with E-state index in [0.29, 0.717) is 11.4 Å². The Morgan fingerprint density at radius 2 is 1.90 bits per heavy atom. The molecule has 0 saturated heterocycles. The highest BCUT2D eigenvalue weighted by Crippen LogP contribution is 2.29. The lowest BCUT2D eigenvalue weighted by Crippen LogP contribution is -2.30. The summed E-state index contributed by atoms with van der Waals surface area (Å²) in [5.41, 5.74) is -5.00. The second-order valence-corrected chi connectivity index (χ2v) is 6.01. The molecule has 11 heteroatoms. The van der Waals surface area contributed by atoms with Gasteiger partial charge in [-0.15, -0.1) is 0 Å². The Labute approximate surface area is 183 Å². The zero-order valence-corrected chi connectivity index (χ0v) is 15.3. The average molecular weight is 428 g/mol. The van der Waals surface area contributed by atoms with Crippen LogP contribution in [-0.4, -0.2) is 42.2 Å². The van der Waals surface area contributed by atoms with Crippen molar-refractivity contribution >= 4 is 17.6 Å². The Balaban J connectivity index is 2.18. The van der Waals surface area contributed by atoms with Gasteiger partial charge in [-0.1, -0.05) is 6.04 Å². The van der Waals surface area contributed by atoms with Crippen molar-refractivity contribution in [3.05, 3.63) is 47.8 Å². The predicted molar refractivity (Wildman–Crippen MR) is 105 cm³/mol. The molecule has 0 saturated carbocycles. The third-order valence-corrected chi connectivity index (χ3v) is 3.36. The minimum absolute atomic E-state index is 0.352. The number of nitrogens with one attached hydrogen (secondary N) is 2. The minimum Gasteiger partial charge on any atom is -0.389 e. The monoisotopic (exact) mass is 428 g/mol. The van der Waals surface area contributed by atoms with Gasteiger partial charge in [-0.25, -0.2) is 4.98 Å². The molecule has 0 unspecified atom stereocenters. The standard InChI is InChI=1S/C19H20F3N7O/c1-11-9-12(7-8-23-11)25-17-28-15(27-16(29-17)24-10-18(2,3)30)13-5-4-6-14(26-13)19(20,21)22/h4-9,30H,10H2,1-3H3,(H2,23,24,25,27,28,29)/i2D3,3D3,4D,5D,6D. The smallest absolute Gasteiger partial charge is 0.389 e. The number of halogens is 3. The first kappa shape index (κ1) is 12.4. The minimum atomic E-state index is -5.16. The first-order chi connectivity index (χ1) is 17.7. The van der Waals surface area contributed by atoms with Crippen LogP contribution in [0.2, 0.25) is 0 Å². The summed E-state index contributed by atoms with van der Waals surface area (Å²) in [7, 11) is 0. The molecule has 0 aliphatic rings. The molecule has 158 valence electrons. The second kappa shape index (κ2) is 8.19. The van der Waals surface area contributed by atoms with Crippen molar-refractivity contribution in [2.75, 3.05) is 17.2 Å². The van der Waals surface area contributed by atoms with E-state index in [-0.39, 0.29) is 5.95 Å². The summed E-state index contributed by atoms with van der Waals surface area (Å²) in [6.07, 6.45) is -3.74. The number of anilines is 3. The lowest BCUT2D eigenvalue weighted by atomic mass is 10.1. The topological polar surface area (TPSA) is 109 Å². The quantitative estimate of drug-likeness (QED) is 0.547. The molecule has 0 aliphatic heterocycles. The van der Waals surface area contributed by atoms with Crippen molar-refractivity contribution in [1.29, 1.82) is 0 Å². The molecule has 3 heterocycles. The number of pyridine rings is 2. The Morgan fingerprint density at radius 3 is 2.60 bits per heavy atom. The maximum atomic E-state index is 13.5. The number of aliphatic hydroxyl groups is 1. The zero-order chi connectivity index (χ0) is 29.6. The lowest BCUT2D eigenvalue weighted by molar-refractivity contribution is -0.141. The lowest BCUT2D eigenvalue weighted by Gasteiger charge is -2.18. The van der Waals surface area contributed by atoms with Crippen LogP contribution in [0.4, 0.5) is 30.8 Å². The Bertz CT molecular complexity index is 1370. The number of alkyl halides is 3. The third-order valence-electron chi connectivity index (χ3n) is 3.36.